The molecule has 38 heavy (non-hydrogen) atoms. The summed E-state index contributed by atoms with van der Waals surface area (Å²) in [6.07, 6.45) is 0.221. The molecule has 188 valence electrons. The molecule has 0 fully saturated rings. The van der Waals surface area contributed by atoms with Crippen LogP contribution in [0.25, 0.3) is 33.1 Å². The molecule has 8 nitrogen and oxygen atoms in total. The molecule has 1 aliphatic heterocycles. The van der Waals surface area contributed by atoms with Crippen LogP contribution in [0, 0.1) is 0 Å². The minimum absolute atomic E-state index is 0.218. The Labute approximate surface area is 225 Å². The molecule has 0 aliphatic carbocycles. The molecule has 0 radical (unpaired) electrons. The Kier molecular flexibility index (Phi) is 5.80. The lowest BCUT2D eigenvalue weighted by molar-refractivity contribution is -0.130. The van der Waals surface area contributed by atoms with E-state index in [0.717, 1.165) is 21.0 Å². The molecule has 9 heteroatoms. The maximum atomic E-state index is 13.6. The van der Waals surface area contributed by atoms with Crippen LogP contribution in [0.15, 0.2) is 87.2 Å². The van der Waals surface area contributed by atoms with Crippen LogP contribution >= 0.6 is 15.9 Å². The minimum atomic E-state index is -0.653. The molecule has 5 aromatic rings. The van der Waals surface area contributed by atoms with Gasteiger partial charge >= 0.3 is 0 Å². The summed E-state index contributed by atoms with van der Waals surface area (Å²) in [6.45, 7) is 2.88. The summed E-state index contributed by atoms with van der Waals surface area (Å²) in [5.74, 6) is -0.119. The maximum absolute atomic E-state index is 13.6. The third-order valence-corrected chi connectivity index (χ3v) is 7.25. The molecule has 1 amide bonds. The first-order valence-electron chi connectivity index (χ1n) is 12.1. The monoisotopic (exact) mass is 567 g/mol. The van der Waals surface area contributed by atoms with Crippen LogP contribution in [0.1, 0.15) is 42.5 Å². The van der Waals surface area contributed by atoms with Gasteiger partial charge in [0.05, 0.1) is 22.3 Å². The van der Waals surface area contributed by atoms with Gasteiger partial charge in [0, 0.05) is 41.2 Å². The Balaban J connectivity index is 1.58. The van der Waals surface area contributed by atoms with Gasteiger partial charge in [-0.05, 0) is 35.9 Å². The fourth-order valence-electron chi connectivity index (χ4n) is 5.20. The molecule has 1 N–H and O–H groups in total. The van der Waals surface area contributed by atoms with Crippen molar-refractivity contribution in [3.63, 3.8) is 0 Å². The van der Waals surface area contributed by atoms with Gasteiger partial charge in [0.1, 0.15) is 11.9 Å². The molecule has 0 spiro atoms. The molecule has 6 rings (SSSR count). The standard InChI is InChI=1S/C29H22BrN5O3/c1-16(36)34-24-11-7-6-10-22(24)31-28(34)25-15-23(33-35(25)17(2)37)27-26(18-8-4-3-5-9-18)20-14-19(30)12-13-21(20)32-29(27)38/h3-14,25H,15H2,1-2H3,(H,32,38)/t25-/m0/s1. The molecule has 2 aromatic heterocycles. The highest BCUT2D eigenvalue weighted by atomic mass is 79.9. The van der Waals surface area contributed by atoms with Crippen LogP contribution in [-0.2, 0) is 4.79 Å². The molecule has 3 heterocycles. The van der Waals surface area contributed by atoms with Gasteiger partial charge < -0.3 is 4.98 Å². The Bertz CT molecular complexity index is 1860. The first-order valence-corrected chi connectivity index (χ1v) is 12.9. The Morgan fingerprint density at radius 3 is 2.42 bits per heavy atom. The summed E-state index contributed by atoms with van der Waals surface area (Å²) < 4.78 is 2.39. The van der Waals surface area contributed by atoms with E-state index in [0.29, 0.717) is 33.6 Å². The van der Waals surface area contributed by atoms with E-state index in [1.165, 1.54) is 23.4 Å². The van der Waals surface area contributed by atoms with E-state index >= 15 is 0 Å². The van der Waals surface area contributed by atoms with Gasteiger partial charge in [-0.1, -0.05) is 58.4 Å². The number of imidazole rings is 1. The lowest BCUT2D eigenvalue weighted by Gasteiger charge is -2.20. The number of amides is 1. The fraction of sp³-hybridized carbons (Fsp3) is 0.138. The minimum Gasteiger partial charge on any atom is -0.321 e. The second-order valence-corrected chi connectivity index (χ2v) is 10.1. The van der Waals surface area contributed by atoms with Crippen LogP contribution in [-0.4, -0.2) is 37.1 Å². The summed E-state index contributed by atoms with van der Waals surface area (Å²) in [6, 6.07) is 22.0. The molecule has 0 bridgehead atoms. The number of halogens is 1. The SMILES string of the molecule is CC(=O)N1N=C(c2c(-c3ccccc3)c3cc(Br)ccc3[nH]c2=O)C[C@H]1c1nc2ccccc2n1C(C)=O. The van der Waals surface area contributed by atoms with E-state index in [2.05, 4.69) is 26.0 Å². The van der Waals surface area contributed by atoms with Crippen molar-refractivity contribution in [2.24, 2.45) is 5.10 Å². The average molecular weight is 568 g/mol. The van der Waals surface area contributed by atoms with E-state index in [1.54, 1.807) is 0 Å². The predicted molar refractivity (Wildman–Crippen MR) is 150 cm³/mol. The number of carbonyl (C=O) groups is 2. The summed E-state index contributed by atoms with van der Waals surface area (Å²) in [4.78, 5) is 46.8. The third kappa shape index (κ3) is 3.86. The number of pyridine rings is 1. The zero-order chi connectivity index (χ0) is 26.6. The second-order valence-electron chi connectivity index (χ2n) is 9.20. The molecule has 3 aromatic carbocycles. The van der Waals surface area contributed by atoms with Crippen molar-refractivity contribution in [2.75, 3.05) is 0 Å². The van der Waals surface area contributed by atoms with Gasteiger partial charge in [-0.2, -0.15) is 5.10 Å². The predicted octanol–water partition coefficient (Wildman–Crippen LogP) is 5.67. The first kappa shape index (κ1) is 24.0. The third-order valence-electron chi connectivity index (χ3n) is 6.76. The Hall–Kier alpha value is -4.37. The number of rotatable bonds is 3. The van der Waals surface area contributed by atoms with Gasteiger partial charge in [0.15, 0.2) is 0 Å². The zero-order valence-electron chi connectivity index (χ0n) is 20.6. The summed E-state index contributed by atoms with van der Waals surface area (Å²) in [7, 11) is 0. The van der Waals surface area contributed by atoms with Crippen molar-refractivity contribution in [1.82, 2.24) is 19.5 Å². The van der Waals surface area contributed by atoms with E-state index < -0.39 is 6.04 Å². The van der Waals surface area contributed by atoms with Gasteiger partial charge in [0.25, 0.3) is 5.56 Å². The second kappa shape index (κ2) is 9.18. The number of hydrogen-bond acceptors (Lipinski definition) is 5. The number of aromatic nitrogens is 3. The largest absolute Gasteiger partial charge is 0.321 e. The molecule has 0 saturated carbocycles. The number of nitrogens with one attached hydrogen (secondary N) is 1. The quantitative estimate of drug-likeness (QED) is 0.303. The highest BCUT2D eigenvalue weighted by Gasteiger charge is 2.37. The average Bonchev–Trinajstić information content (AvgIpc) is 3.51. The van der Waals surface area contributed by atoms with Crippen LogP contribution in [0.4, 0.5) is 0 Å². The fourth-order valence-corrected chi connectivity index (χ4v) is 5.56. The van der Waals surface area contributed by atoms with Crippen molar-refractivity contribution < 1.29 is 9.59 Å². The summed E-state index contributed by atoms with van der Waals surface area (Å²) in [5.41, 5.74) is 4.12. The number of para-hydroxylation sites is 2. The van der Waals surface area contributed by atoms with E-state index in [9.17, 15) is 14.4 Å². The topological polar surface area (TPSA) is 100 Å². The van der Waals surface area contributed by atoms with Gasteiger partial charge in [-0.15, -0.1) is 0 Å². The Morgan fingerprint density at radius 1 is 0.947 bits per heavy atom. The number of aromatic amines is 1. The summed E-state index contributed by atoms with van der Waals surface area (Å²) >= 11 is 3.55. The van der Waals surface area contributed by atoms with Gasteiger partial charge in [0.2, 0.25) is 11.8 Å². The number of hydrazone groups is 1. The van der Waals surface area contributed by atoms with Crippen molar-refractivity contribution in [3.05, 3.63) is 99.0 Å². The number of fused-ring (bicyclic) bond motifs is 2. The van der Waals surface area contributed by atoms with Crippen molar-refractivity contribution >= 4 is 55.4 Å². The number of nitrogens with zero attached hydrogens (tertiary/aromatic N) is 4. The van der Waals surface area contributed by atoms with Crippen LogP contribution < -0.4 is 5.56 Å². The number of H-pyrrole nitrogens is 1. The normalized spacial score (nSPS) is 15.3. The van der Waals surface area contributed by atoms with Crippen LogP contribution in [0.2, 0.25) is 0 Å². The van der Waals surface area contributed by atoms with E-state index in [1.807, 2.05) is 72.8 Å². The van der Waals surface area contributed by atoms with Crippen molar-refractivity contribution in [1.29, 1.82) is 0 Å². The first-order chi connectivity index (χ1) is 18.3. The van der Waals surface area contributed by atoms with Crippen molar-refractivity contribution in [2.45, 2.75) is 26.3 Å². The lowest BCUT2D eigenvalue weighted by atomic mass is 9.92. The summed E-state index contributed by atoms with van der Waals surface area (Å²) in [5, 5.41) is 6.84. The van der Waals surface area contributed by atoms with E-state index in [4.69, 9.17) is 4.98 Å². The van der Waals surface area contributed by atoms with Gasteiger partial charge in [-0.3, -0.25) is 19.0 Å². The number of carbonyl (C=O) groups excluding carboxylic acids is 2. The van der Waals surface area contributed by atoms with Crippen LogP contribution in [0.5, 0.6) is 0 Å². The molecule has 1 atom stereocenters. The highest BCUT2D eigenvalue weighted by molar-refractivity contribution is 9.10. The molecular formula is C29H22BrN5O3. The molecule has 0 unspecified atom stereocenters. The molecular weight excluding hydrogens is 546 g/mol. The zero-order valence-corrected chi connectivity index (χ0v) is 22.2. The number of benzene rings is 3. The smallest absolute Gasteiger partial charge is 0.258 e. The number of hydrogen-bond donors (Lipinski definition) is 1. The highest BCUT2D eigenvalue weighted by Crippen LogP contribution is 2.38. The lowest BCUT2D eigenvalue weighted by Crippen LogP contribution is -2.28. The molecule has 1 aliphatic rings. The molecule has 0 saturated heterocycles. The maximum Gasteiger partial charge on any atom is 0.258 e. The van der Waals surface area contributed by atoms with E-state index in [-0.39, 0.29) is 23.8 Å². The van der Waals surface area contributed by atoms with Crippen LogP contribution in [0.3, 0.4) is 0 Å². The Morgan fingerprint density at radius 2 is 1.68 bits per heavy atom. The van der Waals surface area contributed by atoms with Gasteiger partial charge in [-0.25, -0.2) is 9.99 Å². The van der Waals surface area contributed by atoms with Crippen molar-refractivity contribution in [3.8, 4) is 11.1 Å².